The van der Waals surface area contributed by atoms with Crippen molar-refractivity contribution in [2.75, 3.05) is 19.7 Å². The highest BCUT2D eigenvalue weighted by Gasteiger charge is 2.28. The molecule has 134 valence electrons. The molecule has 5 nitrogen and oxygen atoms in total. The van der Waals surface area contributed by atoms with Gasteiger partial charge in [-0.25, -0.2) is 9.18 Å². The molecule has 0 radical (unpaired) electrons. The second-order valence-corrected chi connectivity index (χ2v) is 7.27. The van der Waals surface area contributed by atoms with E-state index >= 15 is 0 Å². The molecule has 1 aromatic heterocycles. The van der Waals surface area contributed by atoms with Gasteiger partial charge in [0.05, 0.1) is 12.5 Å². The van der Waals surface area contributed by atoms with Gasteiger partial charge < -0.3 is 10.5 Å². The molecule has 1 aliphatic rings. The molecule has 2 N–H and O–H groups in total. The van der Waals surface area contributed by atoms with Gasteiger partial charge in [0.2, 0.25) is 5.91 Å². The Morgan fingerprint density at radius 2 is 2.24 bits per heavy atom. The first-order valence-corrected chi connectivity index (χ1v) is 9.21. The molecular weight excluding hydrogens is 343 g/mol. The third-order valence-corrected chi connectivity index (χ3v) is 5.69. The summed E-state index contributed by atoms with van der Waals surface area (Å²) in [6, 6.07) is 4.84. The summed E-state index contributed by atoms with van der Waals surface area (Å²) in [6.45, 7) is 3.73. The Hall–Kier alpha value is -1.99. The number of hydrogen-bond acceptors (Lipinski definition) is 5. The summed E-state index contributed by atoms with van der Waals surface area (Å²) in [7, 11) is 0. The number of fused-ring (bicyclic) bond motifs is 1. The number of carbonyl (C=O) groups excluding carboxylic acids is 2. The lowest BCUT2D eigenvalue weighted by Crippen LogP contribution is -2.40. The summed E-state index contributed by atoms with van der Waals surface area (Å²) >= 11 is 1.25. The molecule has 0 aliphatic carbocycles. The first-order valence-electron chi connectivity index (χ1n) is 8.40. The van der Waals surface area contributed by atoms with Crippen LogP contribution in [-0.4, -0.2) is 36.5 Å². The highest BCUT2D eigenvalue weighted by atomic mass is 32.1. The Morgan fingerprint density at radius 3 is 2.96 bits per heavy atom. The Morgan fingerprint density at radius 1 is 1.44 bits per heavy atom. The fraction of sp³-hybridized carbons (Fsp3) is 0.444. The van der Waals surface area contributed by atoms with Crippen LogP contribution in [0.15, 0.2) is 18.2 Å². The summed E-state index contributed by atoms with van der Waals surface area (Å²) in [6.07, 6.45) is 1.63. The Balaban J connectivity index is 1.97. The van der Waals surface area contributed by atoms with E-state index in [1.54, 1.807) is 19.1 Å². The number of halogens is 1. The molecule has 1 amide bonds. The van der Waals surface area contributed by atoms with Gasteiger partial charge in [-0.2, -0.15) is 0 Å². The first-order chi connectivity index (χ1) is 12.0. The number of piperidine rings is 1. The summed E-state index contributed by atoms with van der Waals surface area (Å²) < 4.78 is 20.3. The summed E-state index contributed by atoms with van der Waals surface area (Å²) in [4.78, 5) is 26.3. The van der Waals surface area contributed by atoms with Crippen LogP contribution in [-0.2, 0) is 16.1 Å². The summed E-state index contributed by atoms with van der Waals surface area (Å²) in [5.41, 5.74) is 6.08. The average molecular weight is 364 g/mol. The predicted molar refractivity (Wildman–Crippen MR) is 94.9 cm³/mol. The monoisotopic (exact) mass is 364 g/mol. The van der Waals surface area contributed by atoms with Crippen LogP contribution in [0.4, 0.5) is 4.39 Å². The number of carbonyl (C=O) groups is 2. The molecule has 0 spiro atoms. The third kappa shape index (κ3) is 3.67. The molecule has 2 aromatic rings. The van der Waals surface area contributed by atoms with E-state index < -0.39 is 5.97 Å². The molecule has 7 heteroatoms. The lowest BCUT2D eigenvalue weighted by atomic mass is 9.97. The number of primary amides is 1. The first kappa shape index (κ1) is 17.8. The van der Waals surface area contributed by atoms with E-state index in [1.165, 1.54) is 17.4 Å². The molecule has 0 saturated carbocycles. The van der Waals surface area contributed by atoms with E-state index in [1.807, 2.05) is 0 Å². The van der Waals surface area contributed by atoms with Crippen molar-refractivity contribution < 1.29 is 18.7 Å². The highest BCUT2D eigenvalue weighted by Crippen LogP contribution is 2.35. The van der Waals surface area contributed by atoms with Gasteiger partial charge in [0, 0.05) is 28.7 Å². The maximum atomic E-state index is 14.4. The van der Waals surface area contributed by atoms with E-state index in [9.17, 15) is 14.0 Å². The number of rotatable bonds is 5. The van der Waals surface area contributed by atoms with Crippen molar-refractivity contribution in [2.45, 2.75) is 26.3 Å². The van der Waals surface area contributed by atoms with Gasteiger partial charge in [0.15, 0.2) is 0 Å². The fourth-order valence-corrected chi connectivity index (χ4v) is 4.46. The van der Waals surface area contributed by atoms with Gasteiger partial charge in [-0.3, -0.25) is 9.69 Å². The van der Waals surface area contributed by atoms with Crippen molar-refractivity contribution in [1.29, 1.82) is 0 Å². The molecule has 2 heterocycles. The van der Waals surface area contributed by atoms with Gasteiger partial charge in [0.25, 0.3) is 0 Å². The lowest BCUT2D eigenvalue weighted by Gasteiger charge is -2.31. The van der Waals surface area contributed by atoms with Crippen LogP contribution >= 0.6 is 11.3 Å². The second kappa shape index (κ2) is 7.49. The molecular formula is C18H21FN2O3S. The number of esters is 1. The maximum Gasteiger partial charge on any atom is 0.348 e. The summed E-state index contributed by atoms with van der Waals surface area (Å²) in [5, 5.41) is 0.469. The molecule has 0 unspecified atom stereocenters. The molecule has 1 saturated heterocycles. The van der Waals surface area contributed by atoms with Crippen LogP contribution in [0.5, 0.6) is 0 Å². The van der Waals surface area contributed by atoms with Crippen molar-refractivity contribution in [1.82, 2.24) is 4.90 Å². The molecule has 1 atom stereocenters. The zero-order valence-corrected chi connectivity index (χ0v) is 14.9. The normalized spacial score (nSPS) is 18.4. The van der Waals surface area contributed by atoms with E-state index in [0.717, 1.165) is 24.1 Å². The SMILES string of the molecule is CCOC(=O)c1sc2cccc(F)c2c1CN1CCC[C@@H](C(N)=O)C1. The van der Waals surface area contributed by atoms with Crippen LogP contribution in [0.25, 0.3) is 10.1 Å². The van der Waals surface area contributed by atoms with Crippen LogP contribution in [0, 0.1) is 11.7 Å². The number of nitrogens with two attached hydrogens (primary N) is 1. The van der Waals surface area contributed by atoms with Gasteiger partial charge in [0.1, 0.15) is 10.7 Å². The van der Waals surface area contributed by atoms with Gasteiger partial charge in [-0.15, -0.1) is 11.3 Å². The van der Waals surface area contributed by atoms with Crippen molar-refractivity contribution >= 4 is 33.3 Å². The molecule has 1 fully saturated rings. The third-order valence-electron chi connectivity index (χ3n) is 4.51. The Labute approximate surface area is 149 Å². The molecule has 0 bridgehead atoms. The van der Waals surface area contributed by atoms with Crippen LogP contribution in [0.3, 0.4) is 0 Å². The van der Waals surface area contributed by atoms with E-state index in [4.69, 9.17) is 10.5 Å². The summed E-state index contributed by atoms with van der Waals surface area (Å²) in [5.74, 6) is -1.28. The van der Waals surface area contributed by atoms with Crippen molar-refractivity contribution in [3.05, 3.63) is 34.5 Å². The average Bonchev–Trinajstić information content (AvgIpc) is 2.95. The number of ether oxygens (including phenoxy) is 1. The molecule has 25 heavy (non-hydrogen) atoms. The predicted octanol–water partition coefficient (Wildman–Crippen LogP) is 2.91. The molecule has 1 aliphatic heterocycles. The largest absolute Gasteiger partial charge is 0.462 e. The topological polar surface area (TPSA) is 72.6 Å². The number of hydrogen-bond donors (Lipinski definition) is 1. The molecule has 3 rings (SSSR count). The number of likely N-dealkylation sites (tertiary alicyclic amines) is 1. The van der Waals surface area contributed by atoms with Crippen LogP contribution < -0.4 is 5.73 Å². The Kier molecular flexibility index (Phi) is 5.34. The highest BCUT2D eigenvalue weighted by molar-refractivity contribution is 7.21. The minimum atomic E-state index is -0.429. The minimum Gasteiger partial charge on any atom is -0.462 e. The van der Waals surface area contributed by atoms with Crippen molar-refractivity contribution in [3.8, 4) is 0 Å². The van der Waals surface area contributed by atoms with E-state index in [-0.39, 0.29) is 24.2 Å². The number of benzene rings is 1. The minimum absolute atomic E-state index is 0.199. The zero-order chi connectivity index (χ0) is 18.0. The van der Waals surface area contributed by atoms with E-state index in [2.05, 4.69) is 4.90 Å². The standard InChI is InChI=1S/C18H21FN2O3S/c1-2-24-18(23)16-12(15-13(19)6-3-7-14(15)25-16)10-21-8-4-5-11(9-21)17(20)22/h3,6-7,11H,2,4-5,8-10H2,1H3,(H2,20,22)/t11-/m1/s1. The maximum absolute atomic E-state index is 14.4. The number of amides is 1. The van der Waals surface area contributed by atoms with E-state index in [0.29, 0.717) is 28.9 Å². The van der Waals surface area contributed by atoms with Gasteiger partial charge in [-0.1, -0.05) is 6.07 Å². The Bertz CT molecular complexity index is 805. The van der Waals surface area contributed by atoms with Crippen LogP contribution in [0.2, 0.25) is 0 Å². The van der Waals surface area contributed by atoms with Gasteiger partial charge >= 0.3 is 5.97 Å². The van der Waals surface area contributed by atoms with Crippen molar-refractivity contribution in [2.24, 2.45) is 11.7 Å². The second-order valence-electron chi connectivity index (χ2n) is 6.22. The smallest absolute Gasteiger partial charge is 0.348 e. The van der Waals surface area contributed by atoms with Crippen LogP contribution in [0.1, 0.15) is 35.0 Å². The fourth-order valence-electron chi connectivity index (χ4n) is 3.33. The van der Waals surface area contributed by atoms with Crippen molar-refractivity contribution in [3.63, 3.8) is 0 Å². The molecule has 1 aromatic carbocycles. The number of nitrogens with zero attached hydrogens (tertiary/aromatic N) is 1. The van der Waals surface area contributed by atoms with Gasteiger partial charge in [-0.05, 0) is 38.4 Å². The number of thiophene rings is 1. The quantitative estimate of drug-likeness (QED) is 0.828. The lowest BCUT2D eigenvalue weighted by molar-refractivity contribution is -0.123. The zero-order valence-electron chi connectivity index (χ0n) is 14.1.